The first-order chi connectivity index (χ1) is 15.4. The maximum absolute atomic E-state index is 11.0. The van der Waals surface area contributed by atoms with Crippen LogP contribution in [0.15, 0.2) is 12.2 Å². The lowest BCUT2D eigenvalue weighted by molar-refractivity contribution is -0.254. The third-order valence-corrected chi connectivity index (χ3v) is 14.1. The molecule has 2 nitrogen and oxygen atoms in total. The lowest BCUT2D eigenvalue weighted by Gasteiger charge is -2.73. The predicted molar refractivity (Wildman–Crippen MR) is 137 cm³/mol. The summed E-state index contributed by atoms with van der Waals surface area (Å²) in [4.78, 5) is 0. The average Bonchev–Trinajstić information content (AvgIpc) is 3.17. The van der Waals surface area contributed by atoms with Crippen molar-refractivity contribution in [2.24, 2.45) is 56.7 Å². The van der Waals surface area contributed by atoms with Crippen molar-refractivity contribution in [2.75, 3.05) is 6.61 Å². The number of fused-ring (bicyclic) bond motifs is 7. The molecule has 2 heteroatoms. The SMILES string of the molecule is C=C(C)[C@@H]1CC[C@]2(CC)CC[C@]3(C)C(CC[C@@H]4[C@@]5(C)CC[C@H](O)[C@@](C)(CO)[C@@H]5CC[C@]43C)[C@@H]12. The van der Waals surface area contributed by atoms with Crippen LogP contribution in [-0.4, -0.2) is 22.9 Å². The molecule has 5 aliphatic rings. The highest BCUT2D eigenvalue weighted by Gasteiger charge is 2.70. The zero-order chi connectivity index (χ0) is 24.0. The molecule has 188 valence electrons. The van der Waals surface area contributed by atoms with E-state index in [1.807, 2.05) is 0 Å². The van der Waals surface area contributed by atoms with E-state index in [1.165, 1.54) is 63.4 Å². The molecule has 0 aromatic heterocycles. The maximum atomic E-state index is 11.0. The topological polar surface area (TPSA) is 40.5 Å². The van der Waals surface area contributed by atoms with Crippen LogP contribution >= 0.6 is 0 Å². The summed E-state index contributed by atoms with van der Waals surface area (Å²) in [6, 6.07) is 0. The van der Waals surface area contributed by atoms with Gasteiger partial charge in [0.25, 0.3) is 0 Å². The van der Waals surface area contributed by atoms with Crippen molar-refractivity contribution in [3.05, 3.63) is 12.2 Å². The molecule has 0 saturated heterocycles. The molecule has 11 atom stereocenters. The number of allylic oxidation sites excluding steroid dienone is 1. The van der Waals surface area contributed by atoms with E-state index in [2.05, 4.69) is 48.1 Å². The second-order valence-corrected chi connectivity index (χ2v) is 14.6. The van der Waals surface area contributed by atoms with Crippen LogP contribution in [0.5, 0.6) is 0 Å². The number of rotatable bonds is 3. The number of hydrogen-bond acceptors (Lipinski definition) is 2. The van der Waals surface area contributed by atoms with Crippen molar-refractivity contribution < 1.29 is 10.2 Å². The monoisotopic (exact) mass is 456 g/mol. The summed E-state index contributed by atoms with van der Waals surface area (Å²) < 4.78 is 0. The lowest BCUT2D eigenvalue weighted by Crippen LogP contribution is -2.67. The second-order valence-electron chi connectivity index (χ2n) is 14.6. The molecule has 5 fully saturated rings. The minimum absolute atomic E-state index is 0.124. The van der Waals surface area contributed by atoms with Gasteiger partial charge in [0.2, 0.25) is 0 Å². The predicted octanol–water partition coefficient (Wildman–Crippen LogP) is 7.39. The Balaban J connectivity index is 1.55. The number of aliphatic hydroxyl groups excluding tert-OH is 2. The van der Waals surface area contributed by atoms with Crippen LogP contribution in [0.1, 0.15) is 112 Å². The third kappa shape index (κ3) is 2.86. The summed E-state index contributed by atoms with van der Waals surface area (Å²) in [5.41, 5.74) is 2.66. The molecule has 2 N–H and O–H groups in total. The van der Waals surface area contributed by atoms with Crippen molar-refractivity contribution in [3.8, 4) is 0 Å². The standard InChI is InChI=1S/C31H52O2/c1-8-31-16-11-21(20(2)3)26(31)22-9-10-24-27(4)14-13-25(33)28(5,19-32)23(27)12-15-30(24,7)29(22,6)17-18-31/h21-26,32-33H,2,8-19H2,1,3-7H3/t21-,22?,23+,24+,25-,26+,27-,28-,29+,30+,31+/m0/s1. The van der Waals surface area contributed by atoms with Gasteiger partial charge in [-0.25, -0.2) is 0 Å². The fraction of sp³-hybridized carbons (Fsp3) is 0.935. The first-order valence-corrected chi connectivity index (χ1v) is 14.4. The number of hydrogen-bond donors (Lipinski definition) is 2. The van der Waals surface area contributed by atoms with Crippen LogP contribution in [0.2, 0.25) is 0 Å². The van der Waals surface area contributed by atoms with Gasteiger partial charge in [-0.05, 0) is 122 Å². The minimum Gasteiger partial charge on any atom is -0.396 e. The van der Waals surface area contributed by atoms with E-state index in [1.54, 1.807) is 0 Å². The van der Waals surface area contributed by atoms with Crippen LogP contribution in [0.4, 0.5) is 0 Å². The quantitative estimate of drug-likeness (QED) is 0.435. The van der Waals surface area contributed by atoms with Gasteiger partial charge in [-0.2, -0.15) is 0 Å². The Morgan fingerprint density at radius 2 is 1.58 bits per heavy atom. The molecule has 0 aliphatic heterocycles. The van der Waals surface area contributed by atoms with Gasteiger partial charge in [-0.15, -0.1) is 0 Å². The Hall–Kier alpha value is -0.340. The molecule has 0 aromatic carbocycles. The molecule has 0 aromatic rings. The fourth-order valence-electron chi connectivity index (χ4n) is 11.9. The minimum atomic E-state index is -0.355. The molecular formula is C31H52O2. The average molecular weight is 457 g/mol. The Morgan fingerprint density at radius 1 is 0.848 bits per heavy atom. The van der Waals surface area contributed by atoms with Crippen LogP contribution in [0.25, 0.3) is 0 Å². The molecule has 0 radical (unpaired) electrons. The summed E-state index contributed by atoms with van der Waals surface area (Å²) in [6.45, 7) is 19.6. The molecular weight excluding hydrogens is 404 g/mol. The van der Waals surface area contributed by atoms with E-state index >= 15 is 0 Å². The van der Waals surface area contributed by atoms with Gasteiger partial charge < -0.3 is 10.2 Å². The van der Waals surface area contributed by atoms with E-state index in [9.17, 15) is 10.2 Å². The highest BCUT2D eigenvalue weighted by molar-refractivity contribution is 5.21. The van der Waals surface area contributed by atoms with Gasteiger partial charge in [0.1, 0.15) is 0 Å². The van der Waals surface area contributed by atoms with Gasteiger partial charge in [-0.1, -0.05) is 53.2 Å². The maximum Gasteiger partial charge on any atom is 0.0618 e. The summed E-state index contributed by atoms with van der Waals surface area (Å²) >= 11 is 0. The van der Waals surface area contributed by atoms with Crippen LogP contribution in [0, 0.1) is 56.7 Å². The second kappa shape index (κ2) is 7.58. The Morgan fingerprint density at radius 3 is 2.21 bits per heavy atom. The van der Waals surface area contributed by atoms with Crippen LogP contribution < -0.4 is 0 Å². The zero-order valence-electron chi connectivity index (χ0n) is 22.6. The molecule has 0 spiro atoms. The van der Waals surface area contributed by atoms with Gasteiger partial charge in [-0.3, -0.25) is 0 Å². The van der Waals surface area contributed by atoms with E-state index in [-0.39, 0.29) is 23.5 Å². The Kier molecular flexibility index (Phi) is 5.60. The highest BCUT2D eigenvalue weighted by atomic mass is 16.3. The van der Waals surface area contributed by atoms with E-state index in [4.69, 9.17) is 0 Å². The van der Waals surface area contributed by atoms with Crippen molar-refractivity contribution in [3.63, 3.8) is 0 Å². The molecule has 5 aliphatic carbocycles. The van der Waals surface area contributed by atoms with Gasteiger partial charge in [0.05, 0.1) is 12.7 Å². The number of aliphatic hydroxyl groups is 2. The molecule has 0 heterocycles. The largest absolute Gasteiger partial charge is 0.396 e. The van der Waals surface area contributed by atoms with Crippen LogP contribution in [-0.2, 0) is 0 Å². The van der Waals surface area contributed by atoms with Crippen LogP contribution in [0.3, 0.4) is 0 Å². The summed E-state index contributed by atoms with van der Waals surface area (Å²) in [5.74, 6) is 3.53. The summed E-state index contributed by atoms with van der Waals surface area (Å²) in [7, 11) is 0. The molecule has 5 saturated carbocycles. The molecule has 0 amide bonds. The van der Waals surface area contributed by atoms with Crippen molar-refractivity contribution in [2.45, 2.75) is 118 Å². The lowest BCUT2D eigenvalue weighted by atomic mass is 9.32. The Labute approximate surface area is 204 Å². The molecule has 0 bridgehead atoms. The van der Waals surface area contributed by atoms with E-state index < -0.39 is 0 Å². The summed E-state index contributed by atoms with van der Waals surface area (Å²) in [5, 5.41) is 21.4. The highest BCUT2D eigenvalue weighted by Crippen LogP contribution is 2.77. The van der Waals surface area contributed by atoms with Gasteiger partial charge in [0.15, 0.2) is 0 Å². The molecule has 1 unspecified atom stereocenters. The van der Waals surface area contributed by atoms with Gasteiger partial charge in [0, 0.05) is 5.41 Å². The summed E-state index contributed by atoms with van der Waals surface area (Å²) in [6.07, 6.45) is 13.8. The van der Waals surface area contributed by atoms with E-state index in [0.717, 1.165) is 30.6 Å². The molecule has 33 heavy (non-hydrogen) atoms. The smallest absolute Gasteiger partial charge is 0.0618 e. The van der Waals surface area contributed by atoms with Gasteiger partial charge >= 0.3 is 0 Å². The van der Waals surface area contributed by atoms with Crippen molar-refractivity contribution in [1.82, 2.24) is 0 Å². The third-order valence-electron chi connectivity index (χ3n) is 14.1. The van der Waals surface area contributed by atoms with Crippen molar-refractivity contribution in [1.29, 1.82) is 0 Å². The Bertz CT molecular complexity index is 805. The molecule has 5 rings (SSSR count). The first-order valence-electron chi connectivity index (χ1n) is 14.4. The van der Waals surface area contributed by atoms with Crippen molar-refractivity contribution >= 4 is 0 Å². The first kappa shape index (κ1) is 24.4. The fourth-order valence-corrected chi connectivity index (χ4v) is 11.9. The van der Waals surface area contributed by atoms with E-state index in [0.29, 0.717) is 28.1 Å². The zero-order valence-corrected chi connectivity index (χ0v) is 22.6. The normalized spacial score (nSPS) is 58.1.